The molecule has 0 amide bonds. The molecule has 1 aromatic heterocycles. The van der Waals surface area contributed by atoms with Crippen LogP contribution in [0.3, 0.4) is 0 Å². The number of carbonyl (C=O) groups is 1. The fraction of sp³-hybridized carbons (Fsp3) is 0.294. The van der Waals surface area contributed by atoms with E-state index in [4.69, 9.17) is 9.47 Å². The quantitative estimate of drug-likeness (QED) is 0.734. The predicted octanol–water partition coefficient (Wildman–Crippen LogP) is 2.81. The van der Waals surface area contributed by atoms with Gasteiger partial charge in [-0.25, -0.2) is 0 Å². The minimum atomic E-state index is -0.199. The zero-order valence-electron chi connectivity index (χ0n) is 12.1. The Hall–Kier alpha value is -2.36. The first-order chi connectivity index (χ1) is 10.3. The lowest BCUT2D eigenvalue weighted by Crippen LogP contribution is -2.09. The third kappa shape index (κ3) is 4.91. The van der Waals surface area contributed by atoms with Gasteiger partial charge in [-0.1, -0.05) is 24.3 Å². The lowest BCUT2D eigenvalue weighted by Gasteiger charge is -2.08. The average molecular weight is 285 g/mol. The molecule has 110 valence electrons. The van der Waals surface area contributed by atoms with Crippen LogP contribution in [0, 0.1) is 0 Å². The van der Waals surface area contributed by atoms with E-state index in [1.807, 2.05) is 42.5 Å². The van der Waals surface area contributed by atoms with E-state index >= 15 is 0 Å². The number of methoxy groups -OCH3 is 1. The summed E-state index contributed by atoms with van der Waals surface area (Å²) in [5.74, 6) is 0.623. The lowest BCUT2D eigenvalue weighted by molar-refractivity contribution is -0.143. The van der Waals surface area contributed by atoms with Gasteiger partial charge in [0, 0.05) is 24.7 Å². The Balaban J connectivity index is 1.72. The number of ether oxygens (including phenoxy) is 2. The number of hydrogen-bond donors (Lipinski definition) is 0. The molecule has 0 aliphatic heterocycles. The molecular weight excluding hydrogens is 266 g/mol. The summed E-state index contributed by atoms with van der Waals surface area (Å²) in [6, 6.07) is 13.4. The minimum Gasteiger partial charge on any atom is -0.496 e. The van der Waals surface area contributed by atoms with E-state index in [0.29, 0.717) is 25.9 Å². The summed E-state index contributed by atoms with van der Waals surface area (Å²) in [7, 11) is 1.64. The van der Waals surface area contributed by atoms with Gasteiger partial charge in [0.25, 0.3) is 0 Å². The fourth-order valence-corrected chi connectivity index (χ4v) is 2.03. The van der Waals surface area contributed by atoms with E-state index in [1.165, 1.54) is 0 Å². The number of aromatic nitrogens is 1. The van der Waals surface area contributed by atoms with Crippen LogP contribution in [0.2, 0.25) is 0 Å². The van der Waals surface area contributed by atoms with Gasteiger partial charge in [-0.05, 0) is 23.8 Å². The number of benzene rings is 1. The Labute approximate surface area is 124 Å². The minimum absolute atomic E-state index is 0.199. The van der Waals surface area contributed by atoms with Crippen LogP contribution in [0.5, 0.6) is 5.75 Å². The van der Waals surface area contributed by atoms with Gasteiger partial charge >= 0.3 is 5.97 Å². The van der Waals surface area contributed by atoms with E-state index < -0.39 is 0 Å². The molecule has 0 saturated heterocycles. The number of carbonyl (C=O) groups excluding carboxylic acids is 1. The van der Waals surface area contributed by atoms with Crippen molar-refractivity contribution in [2.24, 2.45) is 0 Å². The maximum absolute atomic E-state index is 11.7. The SMILES string of the molecule is COc1ccccc1CCOC(=O)CCc1ccccn1. The largest absolute Gasteiger partial charge is 0.496 e. The molecule has 0 aliphatic rings. The second-order valence-electron chi connectivity index (χ2n) is 4.60. The van der Waals surface area contributed by atoms with Crippen LogP contribution in [0.15, 0.2) is 48.7 Å². The molecule has 0 saturated carbocycles. The molecule has 0 spiro atoms. The van der Waals surface area contributed by atoms with Crippen molar-refractivity contribution >= 4 is 5.97 Å². The Morgan fingerprint density at radius 2 is 1.90 bits per heavy atom. The van der Waals surface area contributed by atoms with Gasteiger partial charge in [0.05, 0.1) is 20.1 Å². The monoisotopic (exact) mass is 285 g/mol. The van der Waals surface area contributed by atoms with Crippen molar-refractivity contribution < 1.29 is 14.3 Å². The van der Waals surface area contributed by atoms with Crippen LogP contribution in [-0.2, 0) is 22.4 Å². The molecule has 0 bridgehead atoms. The summed E-state index contributed by atoms with van der Waals surface area (Å²) in [5.41, 5.74) is 1.94. The van der Waals surface area contributed by atoms with Crippen LogP contribution >= 0.6 is 0 Å². The van der Waals surface area contributed by atoms with Gasteiger partial charge in [0.1, 0.15) is 5.75 Å². The second-order valence-corrected chi connectivity index (χ2v) is 4.60. The van der Waals surface area contributed by atoms with E-state index in [2.05, 4.69) is 4.98 Å². The first-order valence-electron chi connectivity index (χ1n) is 6.97. The van der Waals surface area contributed by atoms with Gasteiger partial charge in [0.15, 0.2) is 0 Å². The van der Waals surface area contributed by atoms with Crippen molar-refractivity contribution in [2.45, 2.75) is 19.3 Å². The molecule has 0 radical (unpaired) electrons. The van der Waals surface area contributed by atoms with Gasteiger partial charge in [-0.3, -0.25) is 9.78 Å². The van der Waals surface area contributed by atoms with Gasteiger partial charge in [0.2, 0.25) is 0 Å². The van der Waals surface area contributed by atoms with Crippen molar-refractivity contribution in [3.63, 3.8) is 0 Å². The topological polar surface area (TPSA) is 48.4 Å². The third-order valence-corrected chi connectivity index (χ3v) is 3.14. The predicted molar refractivity (Wildman–Crippen MR) is 80.2 cm³/mol. The molecule has 21 heavy (non-hydrogen) atoms. The summed E-state index contributed by atoms with van der Waals surface area (Å²) in [6.45, 7) is 0.363. The number of nitrogens with zero attached hydrogens (tertiary/aromatic N) is 1. The maximum Gasteiger partial charge on any atom is 0.306 e. The smallest absolute Gasteiger partial charge is 0.306 e. The van der Waals surface area contributed by atoms with Crippen molar-refractivity contribution in [2.75, 3.05) is 13.7 Å². The van der Waals surface area contributed by atoms with E-state index in [9.17, 15) is 4.79 Å². The van der Waals surface area contributed by atoms with Crippen LogP contribution in [-0.4, -0.2) is 24.7 Å². The highest BCUT2D eigenvalue weighted by Gasteiger charge is 2.06. The number of esters is 1. The normalized spacial score (nSPS) is 10.1. The highest BCUT2D eigenvalue weighted by Crippen LogP contribution is 2.17. The van der Waals surface area contributed by atoms with Crippen molar-refractivity contribution in [3.05, 3.63) is 59.9 Å². The zero-order chi connectivity index (χ0) is 14.9. The summed E-state index contributed by atoms with van der Waals surface area (Å²) < 4.78 is 10.5. The number of aryl methyl sites for hydroxylation is 1. The van der Waals surface area contributed by atoms with Crippen molar-refractivity contribution in [1.29, 1.82) is 0 Å². The molecule has 1 heterocycles. The zero-order valence-corrected chi connectivity index (χ0v) is 12.1. The Bertz CT molecular complexity index is 569. The van der Waals surface area contributed by atoms with E-state index in [1.54, 1.807) is 13.3 Å². The molecule has 0 unspecified atom stereocenters. The molecule has 0 N–H and O–H groups in total. The molecular formula is C17H19NO3. The van der Waals surface area contributed by atoms with Gasteiger partial charge in [-0.15, -0.1) is 0 Å². The highest BCUT2D eigenvalue weighted by atomic mass is 16.5. The van der Waals surface area contributed by atoms with E-state index in [-0.39, 0.29) is 5.97 Å². The summed E-state index contributed by atoms with van der Waals surface area (Å²) in [6.07, 6.45) is 3.33. The number of hydrogen-bond acceptors (Lipinski definition) is 4. The average Bonchev–Trinajstić information content (AvgIpc) is 2.54. The standard InChI is InChI=1S/C17H19NO3/c1-20-16-8-3-2-6-14(16)11-13-21-17(19)10-9-15-7-4-5-12-18-15/h2-8,12H,9-11,13H2,1H3. The second kappa shape index (κ2) is 8.04. The van der Waals surface area contributed by atoms with Gasteiger partial charge < -0.3 is 9.47 Å². The Kier molecular flexibility index (Phi) is 5.76. The number of rotatable bonds is 7. The summed E-state index contributed by atoms with van der Waals surface area (Å²) in [4.78, 5) is 15.9. The molecule has 0 fully saturated rings. The molecule has 4 nitrogen and oxygen atoms in total. The molecule has 1 aromatic carbocycles. The van der Waals surface area contributed by atoms with Gasteiger partial charge in [-0.2, -0.15) is 0 Å². The molecule has 4 heteroatoms. The van der Waals surface area contributed by atoms with Crippen molar-refractivity contribution in [1.82, 2.24) is 4.98 Å². The molecule has 2 rings (SSSR count). The maximum atomic E-state index is 11.7. The fourth-order valence-electron chi connectivity index (χ4n) is 2.03. The van der Waals surface area contributed by atoms with E-state index in [0.717, 1.165) is 17.0 Å². The van der Waals surface area contributed by atoms with Crippen molar-refractivity contribution in [3.8, 4) is 5.75 Å². The highest BCUT2D eigenvalue weighted by molar-refractivity contribution is 5.69. The Morgan fingerprint density at radius 1 is 1.10 bits per heavy atom. The lowest BCUT2D eigenvalue weighted by atomic mass is 10.1. The van der Waals surface area contributed by atoms with Crippen LogP contribution < -0.4 is 4.74 Å². The number of para-hydroxylation sites is 1. The number of pyridine rings is 1. The van der Waals surface area contributed by atoms with Crippen LogP contribution in [0.1, 0.15) is 17.7 Å². The Morgan fingerprint density at radius 3 is 2.67 bits per heavy atom. The third-order valence-electron chi connectivity index (χ3n) is 3.14. The molecule has 2 aromatic rings. The summed E-state index contributed by atoms with van der Waals surface area (Å²) >= 11 is 0. The first-order valence-corrected chi connectivity index (χ1v) is 6.97. The van der Waals surface area contributed by atoms with Crippen LogP contribution in [0.25, 0.3) is 0 Å². The summed E-state index contributed by atoms with van der Waals surface area (Å²) in [5, 5.41) is 0. The first kappa shape index (κ1) is 15.0. The van der Waals surface area contributed by atoms with Crippen LogP contribution in [0.4, 0.5) is 0 Å². The molecule has 0 atom stereocenters. The molecule has 0 aliphatic carbocycles.